The van der Waals surface area contributed by atoms with Gasteiger partial charge in [0.25, 0.3) is 0 Å². The Morgan fingerprint density at radius 2 is 1.32 bits per heavy atom. The average Bonchev–Trinajstić information content (AvgIpc) is 4.08. The molecule has 12 heteroatoms. The molecule has 0 bridgehead atoms. The Morgan fingerprint density at radius 1 is 0.746 bits per heavy atom. The SMILES string of the molecule is C=C1C[C@@H](c2ncc(-c3ccc(-c4ccc5cc(-c6cnc([C@@H]7CCCN7C(=C)[C@@H](NC(=C)OC)C(C)C)[nH]6)ccc5c4)cc3)[nH]2)N(C(=O)[C@@H](NC(=O)OC)C(C)C)C1. The van der Waals surface area contributed by atoms with Gasteiger partial charge in [-0.25, -0.2) is 14.8 Å². The number of hydrogen-bond donors (Lipinski definition) is 4. The molecule has 308 valence electrons. The molecule has 0 saturated carbocycles. The Balaban J connectivity index is 1.03. The highest BCUT2D eigenvalue weighted by molar-refractivity contribution is 5.91. The first-order valence-corrected chi connectivity index (χ1v) is 20.4. The number of aromatic amines is 2. The van der Waals surface area contributed by atoms with Crippen LogP contribution in [0.4, 0.5) is 4.79 Å². The number of amides is 2. The first kappa shape index (κ1) is 40.9. The lowest BCUT2D eigenvalue weighted by molar-refractivity contribution is -0.135. The number of alkyl carbamates (subject to hydrolysis) is 1. The highest BCUT2D eigenvalue weighted by Gasteiger charge is 2.39. The van der Waals surface area contributed by atoms with Crippen molar-refractivity contribution in [2.45, 2.75) is 71.1 Å². The molecular weight excluding hydrogens is 741 g/mol. The number of nitrogens with zero attached hydrogens (tertiary/aromatic N) is 4. The number of benzene rings is 3. The lowest BCUT2D eigenvalue weighted by Gasteiger charge is -2.35. The van der Waals surface area contributed by atoms with Crippen molar-refractivity contribution in [3.05, 3.63) is 122 Å². The van der Waals surface area contributed by atoms with E-state index in [1.54, 1.807) is 18.2 Å². The van der Waals surface area contributed by atoms with Crippen LogP contribution in [0.2, 0.25) is 0 Å². The maximum absolute atomic E-state index is 13.7. The van der Waals surface area contributed by atoms with Crippen molar-refractivity contribution >= 4 is 22.8 Å². The largest absolute Gasteiger partial charge is 0.483 e. The van der Waals surface area contributed by atoms with Crippen LogP contribution in [0, 0.1) is 11.8 Å². The van der Waals surface area contributed by atoms with Crippen molar-refractivity contribution in [2.24, 2.45) is 11.8 Å². The van der Waals surface area contributed by atoms with Crippen molar-refractivity contribution < 1.29 is 19.1 Å². The maximum atomic E-state index is 13.7. The number of nitrogens with one attached hydrogen (secondary N) is 4. The second-order valence-corrected chi connectivity index (χ2v) is 16.3. The van der Waals surface area contributed by atoms with Gasteiger partial charge >= 0.3 is 6.09 Å². The fourth-order valence-corrected chi connectivity index (χ4v) is 8.33. The monoisotopic (exact) mass is 796 g/mol. The predicted octanol–water partition coefficient (Wildman–Crippen LogP) is 8.88. The molecule has 4 heterocycles. The standard InChI is InChI=1S/C47H56N8O4/c1-27(2)42(50-31(7)58-8)30(6)54-20-10-11-40(54)44-48-25-39(52-44)37-19-18-35-22-34(16-17-36(35)23-37)32-12-14-33(15-13-32)38-24-49-45(51-38)41-21-29(5)26-55(41)46(56)43(28(3)4)53-47(57)59-9/h12-19,22-25,27-28,40-43,50H,5-7,10-11,20-21,26H2,1-4,8-9H3,(H,48,52)(H,49,51)(H,53,57)/t40-,41-,42-,43-/m0/s1. The molecule has 4 atom stereocenters. The summed E-state index contributed by atoms with van der Waals surface area (Å²) in [5.41, 5.74) is 8.08. The van der Waals surface area contributed by atoms with Gasteiger partial charge in [-0.15, -0.1) is 0 Å². The number of rotatable bonds is 14. The van der Waals surface area contributed by atoms with E-state index >= 15 is 0 Å². The summed E-state index contributed by atoms with van der Waals surface area (Å²) in [6.45, 7) is 22.1. The molecule has 2 amide bonds. The van der Waals surface area contributed by atoms with Gasteiger partial charge in [-0.2, -0.15) is 0 Å². The van der Waals surface area contributed by atoms with Crippen LogP contribution in [0.5, 0.6) is 0 Å². The Morgan fingerprint density at radius 3 is 1.95 bits per heavy atom. The highest BCUT2D eigenvalue weighted by Crippen LogP contribution is 2.38. The number of likely N-dealkylation sites (tertiary alicyclic amines) is 2. The van der Waals surface area contributed by atoms with Crippen LogP contribution in [0.3, 0.4) is 0 Å². The van der Waals surface area contributed by atoms with E-state index < -0.39 is 12.1 Å². The molecule has 0 aliphatic carbocycles. The predicted molar refractivity (Wildman–Crippen MR) is 233 cm³/mol. The molecule has 2 aromatic heterocycles. The number of H-pyrrole nitrogens is 2. The van der Waals surface area contributed by atoms with E-state index in [4.69, 9.17) is 19.4 Å². The topological polar surface area (TPSA) is 140 Å². The molecule has 4 N–H and O–H groups in total. The highest BCUT2D eigenvalue weighted by atomic mass is 16.5. The van der Waals surface area contributed by atoms with E-state index in [0.29, 0.717) is 30.6 Å². The molecule has 5 aromatic rings. The van der Waals surface area contributed by atoms with E-state index in [1.807, 2.05) is 20.0 Å². The van der Waals surface area contributed by atoms with Crippen LogP contribution in [-0.4, -0.2) is 81.1 Å². The molecular formula is C47H56N8O4. The zero-order valence-corrected chi connectivity index (χ0v) is 35.0. The summed E-state index contributed by atoms with van der Waals surface area (Å²) < 4.78 is 10.1. The molecule has 59 heavy (non-hydrogen) atoms. The Hall–Kier alpha value is -6.30. The van der Waals surface area contributed by atoms with Gasteiger partial charge in [0.1, 0.15) is 17.7 Å². The molecule has 2 aliphatic heterocycles. The van der Waals surface area contributed by atoms with Crippen LogP contribution in [0.15, 0.2) is 110 Å². The van der Waals surface area contributed by atoms with Crippen molar-refractivity contribution in [3.8, 4) is 33.6 Å². The average molecular weight is 797 g/mol. The molecule has 0 spiro atoms. The van der Waals surface area contributed by atoms with Gasteiger partial charge in [0.2, 0.25) is 5.91 Å². The zero-order chi connectivity index (χ0) is 42.0. The summed E-state index contributed by atoms with van der Waals surface area (Å²) in [7, 11) is 2.91. The Kier molecular flexibility index (Phi) is 12.0. The summed E-state index contributed by atoms with van der Waals surface area (Å²) in [5.74, 6) is 2.15. The lowest BCUT2D eigenvalue weighted by atomic mass is 9.98. The second-order valence-electron chi connectivity index (χ2n) is 16.3. The van der Waals surface area contributed by atoms with Gasteiger partial charge in [-0.05, 0) is 77.3 Å². The van der Waals surface area contributed by atoms with Gasteiger partial charge in [-0.1, -0.05) is 95.0 Å². The van der Waals surface area contributed by atoms with Crippen LogP contribution in [0.25, 0.3) is 44.4 Å². The number of fused-ring (bicyclic) bond motifs is 1. The van der Waals surface area contributed by atoms with Crippen molar-refractivity contribution in [3.63, 3.8) is 0 Å². The van der Waals surface area contributed by atoms with Gasteiger partial charge in [-0.3, -0.25) is 4.79 Å². The Bertz CT molecular complexity index is 2360. The minimum atomic E-state index is -0.727. The number of hydrogen-bond acceptors (Lipinski definition) is 8. The lowest BCUT2D eigenvalue weighted by Crippen LogP contribution is -2.51. The number of carbonyl (C=O) groups is 2. The molecule has 0 radical (unpaired) electrons. The van der Waals surface area contributed by atoms with Crippen molar-refractivity contribution in [1.29, 1.82) is 0 Å². The number of imidazole rings is 2. The summed E-state index contributed by atoms with van der Waals surface area (Å²) in [4.78, 5) is 46.5. The van der Waals surface area contributed by atoms with Crippen LogP contribution in [-0.2, 0) is 14.3 Å². The van der Waals surface area contributed by atoms with Crippen molar-refractivity contribution in [2.75, 3.05) is 27.3 Å². The van der Waals surface area contributed by atoms with E-state index in [2.05, 4.69) is 120 Å². The molecule has 2 fully saturated rings. The first-order valence-electron chi connectivity index (χ1n) is 20.4. The smallest absolute Gasteiger partial charge is 0.407 e. The fourth-order valence-electron chi connectivity index (χ4n) is 8.33. The van der Waals surface area contributed by atoms with E-state index in [0.717, 1.165) is 80.9 Å². The van der Waals surface area contributed by atoms with E-state index in [9.17, 15) is 9.59 Å². The summed E-state index contributed by atoms with van der Waals surface area (Å²) >= 11 is 0. The minimum absolute atomic E-state index is 0.00323. The van der Waals surface area contributed by atoms with Gasteiger partial charge < -0.3 is 39.9 Å². The summed E-state index contributed by atoms with van der Waals surface area (Å²) in [5, 5.41) is 8.39. The third kappa shape index (κ3) is 8.62. The molecule has 7 rings (SSSR count). The third-order valence-electron chi connectivity index (χ3n) is 11.6. The number of carbonyl (C=O) groups excluding carboxylic acids is 2. The van der Waals surface area contributed by atoms with Crippen LogP contribution in [0.1, 0.15) is 70.7 Å². The number of aromatic nitrogens is 4. The van der Waals surface area contributed by atoms with Gasteiger partial charge in [0, 0.05) is 24.4 Å². The van der Waals surface area contributed by atoms with Crippen LogP contribution >= 0.6 is 0 Å². The molecule has 2 aliphatic rings. The first-order chi connectivity index (χ1) is 28.3. The molecule has 12 nitrogen and oxygen atoms in total. The zero-order valence-electron chi connectivity index (χ0n) is 35.0. The van der Waals surface area contributed by atoms with Crippen molar-refractivity contribution in [1.82, 2.24) is 40.4 Å². The molecule has 0 unspecified atom stereocenters. The normalized spacial score (nSPS) is 17.7. The fraction of sp³-hybridized carbons (Fsp3) is 0.362. The number of methoxy groups -OCH3 is 2. The Labute approximate surface area is 346 Å². The maximum Gasteiger partial charge on any atom is 0.407 e. The van der Waals surface area contributed by atoms with Crippen LogP contribution < -0.4 is 10.6 Å². The molecule has 2 saturated heterocycles. The van der Waals surface area contributed by atoms with E-state index in [-0.39, 0.29) is 30.0 Å². The second kappa shape index (κ2) is 17.3. The summed E-state index contributed by atoms with van der Waals surface area (Å²) in [6, 6.07) is 20.6. The summed E-state index contributed by atoms with van der Waals surface area (Å²) in [6.07, 6.45) is 5.77. The van der Waals surface area contributed by atoms with Gasteiger partial charge in [0.05, 0.1) is 56.1 Å². The minimum Gasteiger partial charge on any atom is -0.483 e. The van der Waals surface area contributed by atoms with E-state index in [1.165, 1.54) is 7.11 Å². The quantitative estimate of drug-likeness (QED) is 0.0646. The third-order valence-corrected chi connectivity index (χ3v) is 11.6. The molecule has 3 aromatic carbocycles. The van der Waals surface area contributed by atoms with Gasteiger partial charge in [0.15, 0.2) is 5.88 Å². The number of ether oxygens (including phenoxy) is 2.